The normalized spacial score (nSPS) is 17.6. The molecule has 0 unspecified atom stereocenters. The number of pyridine rings is 1. The van der Waals surface area contributed by atoms with Crippen LogP contribution in [0.1, 0.15) is 106 Å². The number of carboxylic acid groups (broad SMARTS) is 3. The Bertz CT molecular complexity index is 2940. The number of halogens is 3. The average Bonchev–Trinajstić information content (AvgIpc) is 2.83. The largest absolute Gasteiger partial charge is 0.494 e. The zero-order valence-electron chi connectivity index (χ0n) is 51.6. The lowest BCUT2D eigenvalue weighted by atomic mass is 9.91. The average molecular weight is 1390 g/mol. The van der Waals surface area contributed by atoms with E-state index in [4.69, 9.17) is 4.74 Å². The summed E-state index contributed by atoms with van der Waals surface area (Å²) in [6.45, 7) is 1.53. The van der Waals surface area contributed by atoms with Gasteiger partial charge in [0.25, 0.3) is 11.8 Å². The summed E-state index contributed by atoms with van der Waals surface area (Å²) < 4.78 is 35.0. The van der Waals surface area contributed by atoms with Gasteiger partial charge in [-0.1, -0.05) is 25.0 Å². The van der Waals surface area contributed by atoms with E-state index in [0.29, 0.717) is 93.8 Å². The number of hydrogen-bond acceptors (Lipinski definition) is 16. The second kappa shape index (κ2) is 38.0. The molecule has 1 aromatic heterocycles. The Kier molecular flexibility index (Phi) is 30.4. The summed E-state index contributed by atoms with van der Waals surface area (Å²) in [6, 6.07) is 14.3. The predicted molar refractivity (Wildman–Crippen MR) is 340 cm³/mol. The monoisotopic (exact) mass is 1380 g/mol. The minimum absolute atomic E-state index is 0.0865. The molecule has 0 aliphatic carbocycles. The number of unbranched alkanes of at least 4 members (excludes halogenated alkanes) is 3. The second-order valence-electron chi connectivity index (χ2n) is 23.6. The van der Waals surface area contributed by atoms with E-state index in [-0.39, 0.29) is 109 Å². The van der Waals surface area contributed by atoms with E-state index in [0.717, 1.165) is 52.6 Å². The van der Waals surface area contributed by atoms with Gasteiger partial charge in [0.05, 0.1) is 63.0 Å². The number of benzene rings is 2. The highest BCUT2D eigenvalue weighted by Gasteiger charge is 2.47. The zero-order chi connectivity index (χ0) is 65.7. The molecule has 6 rings (SSSR count). The molecule has 91 heavy (non-hydrogen) atoms. The Balaban J connectivity index is 0.909. The van der Waals surface area contributed by atoms with Gasteiger partial charge in [0, 0.05) is 113 Å². The van der Waals surface area contributed by atoms with Crippen LogP contribution in [0.5, 0.6) is 5.75 Å². The van der Waals surface area contributed by atoms with Crippen molar-refractivity contribution < 1.29 is 72.0 Å². The number of nitriles is 1. The molecule has 3 aromatic rings. The number of aromatic nitrogens is 1. The molecular formula is C63H87F2IN12O13. The Morgan fingerprint density at radius 3 is 1.91 bits per heavy atom. The lowest BCUT2D eigenvalue weighted by Gasteiger charge is -2.33. The van der Waals surface area contributed by atoms with Crippen LogP contribution in [0.3, 0.4) is 0 Å². The quantitative estimate of drug-likeness (QED) is 0.0338. The minimum atomic E-state index is -3.17. The Hall–Kier alpha value is -7.20. The molecule has 498 valence electrons. The molecule has 3 aliphatic rings. The summed E-state index contributed by atoms with van der Waals surface area (Å²) in [7, 11) is 0. The zero-order valence-corrected chi connectivity index (χ0v) is 53.8. The van der Waals surface area contributed by atoms with Crippen molar-refractivity contribution in [3.05, 3.63) is 69.4 Å². The third kappa shape index (κ3) is 26.5. The number of nitrogens with zero attached hydrogens (tertiary/aromatic N) is 8. The molecule has 7 N–H and O–H groups in total. The predicted octanol–water partition coefficient (Wildman–Crippen LogP) is 3.67. The first-order valence-electron chi connectivity index (χ1n) is 31.4. The van der Waals surface area contributed by atoms with Crippen LogP contribution < -0.4 is 26.0 Å². The number of aliphatic carboxylic acids is 3. The van der Waals surface area contributed by atoms with Gasteiger partial charge < -0.3 is 51.1 Å². The molecule has 0 saturated carbocycles. The number of likely N-dealkylation sites (tertiary alicyclic amines) is 2. The third-order valence-electron chi connectivity index (χ3n) is 16.5. The fourth-order valence-corrected chi connectivity index (χ4v) is 11.8. The van der Waals surface area contributed by atoms with Crippen LogP contribution >= 0.6 is 22.6 Å². The number of fused-ring (bicyclic) bond motifs is 1. The number of piperidine rings is 1. The van der Waals surface area contributed by atoms with Crippen LogP contribution in [0.25, 0.3) is 10.9 Å². The van der Waals surface area contributed by atoms with Crippen molar-refractivity contribution in [3.8, 4) is 11.8 Å². The summed E-state index contributed by atoms with van der Waals surface area (Å²) in [4.78, 5) is 129. The van der Waals surface area contributed by atoms with Crippen molar-refractivity contribution in [1.82, 2.24) is 55.7 Å². The number of aryl methyl sites for hydroxylation is 1. The maximum Gasteiger partial charge on any atom is 0.317 e. The number of carbonyl (C=O) groups excluding carboxylic acids is 6. The number of rotatable bonds is 33. The van der Waals surface area contributed by atoms with Gasteiger partial charge in [-0.05, 0) is 135 Å². The van der Waals surface area contributed by atoms with E-state index in [1.54, 1.807) is 43.9 Å². The number of carboxylic acids is 3. The van der Waals surface area contributed by atoms with Gasteiger partial charge in [-0.2, -0.15) is 5.26 Å². The van der Waals surface area contributed by atoms with Gasteiger partial charge in [0.2, 0.25) is 29.5 Å². The molecule has 6 amide bonds. The van der Waals surface area contributed by atoms with Crippen molar-refractivity contribution in [2.75, 3.05) is 124 Å². The number of hydrogen-bond donors (Lipinski definition) is 7. The summed E-state index contributed by atoms with van der Waals surface area (Å²) in [5, 5.41) is 49.8. The van der Waals surface area contributed by atoms with Gasteiger partial charge in [-0.3, -0.25) is 67.7 Å². The Morgan fingerprint density at radius 2 is 1.30 bits per heavy atom. The van der Waals surface area contributed by atoms with Crippen molar-refractivity contribution in [2.24, 2.45) is 5.92 Å². The number of ether oxygens (including phenoxy) is 1. The summed E-state index contributed by atoms with van der Waals surface area (Å²) in [6.07, 6.45) is 9.74. The summed E-state index contributed by atoms with van der Waals surface area (Å²) >= 11 is 2.24. The smallest absolute Gasteiger partial charge is 0.317 e. The summed E-state index contributed by atoms with van der Waals surface area (Å²) in [5.41, 5.74) is 1.88. The lowest BCUT2D eigenvalue weighted by Crippen LogP contribution is -2.52. The molecule has 3 fully saturated rings. The van der Waals surface area contributed by atoms with E-state index in [9.17, 15) is 72.5 Å². The fraction of sp³-hybridized carbons (Fsp3) is 0.603. The molecule has 3 aliphatic heterocycles. The third-order valence-corrected chi connectivity index (χ3v) is 17.2. The molecule has 3 saturated heterocycles. The Morgan fingerprint density at radius 1 is 0.681 bits per heavy atom. The highest BCUT2D eigenvalue weighted by Crippen LogP contribution is 2.32. The van der Waals surface area contributed by atoms with Crippen LogP contribution in [0, 0.1) is 20.8 Å². The number of carbonyl (C=O) groups is 9. The van der Waals surface area contributed by atoms with E-state index in [2.05, 4.69) is 48.8 Å². The second-order valence-corrected chi connectivity index (χ2v) is 24.8. The minimum Gasteiger partial charge on any atom is -0.494 e. The van der Waals surface area contributed by atoms with Gasteiger partial charge in [-0.25, -0.2) is 8.78 Å². The fourth-order valence-electron chi connectivity index (χ4n) is 11.5. The molecule has 2 atom stereocenters. The first-order chi connectivity index (χ1) is 43.6. The first-order valence-corrected chi connectivity index (χ1v) is 32.5. The number of alkyl halides is 2. The summed E-state index contributed by atoms with van der Waals surface area (Å²) in [5.74, 6) is -7.70. The van der Waals surface area contributed by atoms with E-state index < -0.39 is 79.1 Å². The van der Waals surface area contributed by atoms with Crippen molar-refractivity contribution in [3.63, 3.8) is 0 Å². The highest BCUT2D eigenvalue weighted by molar-refractivity contribution is 14.1. The maximum absolute atomic E-state index is 13.9. The first kappa shape index (κ1) is 72.9. The van der Waals surface area contributed by atoms with Crippen molar-refractivity contribution in [2.45, 2.75) is 114 Å². The lowest BCUT2D eigenvalue weighted by molar-refractivity contribution is -0.140. The molecule has 28 heteroatoms. The van der Waals surface area contributed by atoms with E-state index in [1.165, 1.54) is 12.3 Å². The topological polar surface area (TPSA) is 328 Å². The van der Waals surface area contributed by atoms with Gasteiger partial charge in [-0.15, -0.1) is 0 Å². The molecule has 0 bridgehead atoms. The number of amides is 6. The van der Waals surface area contributed by atoms with Crippen molar-refractivity contribution in [1.29, 1.82) is 5.26 Å². The molecule has 2 aromatic carbocycles. The van der Waals surface area contributed by atoms with Crippen molar-refractivity contribution >= 4 is 86.8 Å². The molecule has 4 heterocycles. The standard InChI is InChI=1S/C63H87F2IN12O13/c64-63(65)37-48(38-67)78(44-63)57(82)39-71-61(89)50-19-24-68-52-18-17-49(36-51(50)52)91-35-5-3-8-46-20-25-77(26-21-46)56(81)12-2-1-4-22-70-62(90)53(10-7-23-69-54(79)11-6-9-45-13-15-47(66)16-14-45)72-55(80)40-73-27-29-74(41-58(83)84)31-33-76(43-60(87)88)34-32-75(30-28-73)42-59(85)86/h13-19,24,36,46,48,53H,1-12,20-23,25-35,37,39-44H2,(H,69,79)(H,70,90)(H,71,89)(H,72,80)(H,83,84)(H,85,86)(H,87,88)/t48-,53+/m1/s1. The van der Waals surface area contributed by atoms with Crippen LogP contribution in [0.15, 0.2) is 54.7 Å². The van der Waals surface area contributed by atoms with E-state index >= 15 is 0 Å². The van der Waals surface area contributed by atoms with Crippen LogP contribution in [-0.2, 0) is 44.8 Å². The van der Waals surface area contributed by atoms with Crippen LogP contribution in [0.4, 0.5) is 8.78 Å². The highest BCUT2D eigenvalue weighted by atomic mass is 127. The number of nitrogens with one attached hydrogen (secondary N) is 4. The SMILES string of the molecule is N#C[C@H]1CC(F)(F)CN1C(=O)CNC(=O)c1ccnc2ccc(OCCCCC3CCN(C(=O)CCCCCNC(=O)[C@H](CCCNC(=O)CCCc4ccc(I)cc4)NC(=O)CN4CCN(CC(=O)O)CCN(CC(=O)O)CCN(CC(=O)O)CC4)CC3)cc12. The maximum atomic E-state index is 13.9. The van der Waals surface area contributed by atoms with Crippen LogP contribution in [0.2, 0.25) is 0 Å². The van der Waals surface area contributed by atoms with Crippen LogP contribution in [-0.4, -0.2) is 245 Å². The molecule has 0 spiro atoms. The molecule has 0 radical (unpaired) electrons. The van der Waals surface area contributed by atoms with Gasteiger partial charge in [0.15, 0.2) is 0 Å². The molecular weight excluding hydrogens is 1300 g/mol. The van der Waals surface area contributed by atoms with E-state index in [1.807, 2.05) is 29.2 Å². The Labute approximate surface area is 543 Å². The van der Waals surface area contributed by atoms with Gasteiger partial charge in [0.1, 0.15) is 17.8 Å². The molecule has 25 nitrogen and oxygen atoms in total. The van der Waals surface area contributed by atoms with Gasteiger partial charge >= 0.3 is 17.9 Å².